The second-order valence-electron chi connectivity index (χ2n) is 24.3. The van der Waals surface area contributed by atoms with Gasteiger partial charge in [0.2, 0.25) is 17.7 Å². The van der Waals surface area contributed by atoms with Crippen molar-refractivity contribution >= 4 is 43.1 Å². The van der Waals surface area contributed by atoms with E-state index < -0.39 is 30.2 Å². The van der Waals surface area contributed by atoms with Gasteiger partial charge in [-0.2, -0.15) is 0 Å². The van der Waals surface area contributed by atoms with Crippen LogP contribution in [-0.2, 0) is 31.0 Å². The van der Waals surface area contributed by atoms with E-state index in [-0.39, 0.29) is 61.2 Å². The number of rotatable bonds is 20. The fourth-order valence-electron chi connectivity index (χ4n) is 10.7. The SMILES string of the molecule is C=C(c1ccc(-c2cnc(C)c(-c3nnc(-c4ccccc4)o3)n2)c(-c2cnco2)c1)N(C)C.CC[C@H]1CCN[C@@H]1C(=O)Nc1nnc(-c2nc(-c3ccc(S(=O)(=O)C(C)C)cc3)cnc2N)o1.CNCc1ccc(-c2nnc(-c3nc(-c4ccc(S(=O)(=O)C(C)C)cc4)cnc3C)o2)cc1.[HH].[HH].[HH]. The van der Waals surface area contributed by atoms with Gasteiger partial charge in [-0.15, -0.1) is 25.5 Å². The molecule has 5 N–H and O–H groups in total. The molecule has 1 aliphatic rings. The largest absolute Gasteiger partial charge is 0.443 e. The van der Waals surface area contributed by atoms with Crippen molar-refractivity contribution in [2.75, 3.05) is 38.7 Å². The highest BCUT2D eigenvalue weighted by Gasteiger charge is 2.33. The maximum atomic E-state index is 12.6. The van der Waals surface area contributed by atoms with Crippen LogP contribution in [0.5, 0.6) is 0 Å². The van der Waals surface area contributed by atoms with Crippen LogP contribution in [-0.4, -0.2) is 137 Å². The van der Waals surface area contributed by atoms with Crippen molar-refractivity contribution in [3.05, 3.63) is 182 Å². The first-order valence-electron chi connectivity index (χ1n) is 32.2. The van der Waals surface area contributed by atoms with Crippen LogP contribution in [0, 0.1) is 19.8 Å². The number of sulfone groups is 2. The lowest BCUT2D eigenvalue weighted by molar-refractivity contribution is -0.118. The van der Waals surface area contributed by atoms with Gasteiger partial charge in [-0.05, 0) is 133 Å². The molecule has 29 heteroatoms. The molecule has 12 aromatic rings. The number of nitrogens with two attached hydrogens (primary N) is 1. The molecule has 5 aromatic carbocycles. The number of amides is 1. The second kappa shape index (κ2) is 30.8. The van der Waals surface area contributed by atoms with Crippen LogP contribution in [0.1, 0.15) is 74.3 Å². The summed E-state index contributed by atoms with van der Waals surface area (Å²) >= 11 is 0. The number of oxazole rings is 1. The smallest absolute Gasteiger partial charge is 0.322 e. The predicted octanol–water partition coefficient (Wildman–Crippen LogP) is 12.4. The van der Waals surface area contributed by atoms with Crippen LogP contribution < -0.4 is 21.7 Å². The standard InChI is InChI=1S/C26H22N6O2.C24H25N5O3S.C22H27N7O4S.3H2/c1-16-24(26-31-30-25(34-26)18-8-6-5-7-9-18)29-22(13-28-16)20-11-10-19(17(2)32(3)4)12-21(20)23-14-27-15-33-23;1-15(2)33(30,31)20-11-9-18(10-12-20)21-14-26-16(3)22(27-21)24-29-28-23(32-24)19-7-5-17(6-8-19)13-25-4;1-4-13-9-10-24-17(13)20(30)27-22-29-28-21(33-22)18-19(23)25-11-16(26-18)14-5-7-15(8-6-14)34(31,32)12(2)3;;;/h5-15H,2H2,1,3-4H3;5-12,14-15,25H,13H2,1-4H3;5-8,11-13,17,24H,4,9-10H2,1-3H3,(H2,23,25)(H,27,29,30);3*1H/t;;13-,17-;;;/m..0.../s1. The fourth-order valence-corrected chi connectivity index (χ4v) is 12.8. The lowest BCUT2D eigenvalue weighted by Gasteiger charge is -2.17. The van der Waals surface area contributed by atoms with Gasteiger partial charge in [0.1, 0.15) is 11.4 Å². The van der Waals surface area contributed by atoms with Gasteiger partial charge < -0.3 is 38.9 Å². The van der Waals surface area contributed by atoms with E-state index in [0.717, 1.165) is 70.6 Å². The highest BCUT2D eigenvalue weighted by Crippen LogP contribution is 2.37. The molecule has 8 heterocycles. The minimum atomic E-state index is -3.38. The van der Waals surface area contributed by atoms with Crippen LogP contribution in [0.4, 0.5) is 11.8 Å². The van der Waals surface area contributed by atoms with E-state index in [4.69, 9.17) is 28.4 Å². The van der Waals surface area contributed by atoms with E-state index >= 15 is 0 Å². The van der Waals surface area contributed by atoms with E-state index in [1.165, 1.54) is 24.7 Å². The summed E-state index contributed by atoms with van der Waals surface area (Å²) in [6.45, 7) is 18.1. The predicted molar refractivity (Wildman–Crippen MR) is 388 cm³/mol. The van der Waals surface area contributed by atoms with Gasteiger partial charge in [0.05, 0.1) is 79.6 Å². The molecule has 1 saturated heterocycles. The van der Waals surface area contributed by atoms with Crippen molar-refractivity contribution in [2.24, 2.45) is 5.92 Å². The molecular weight excluding hydrogens is 1330 g/mol. The maximum Gasteiger partial charge on any atom is 0.322 e. The first kappa shape index (κ1) is 70.9. The number of carbonyl (C=O) groups is 1. The number of hydrogen-bond acceptors (Lipinski definition) is 26. The molecular formula is C72H80N18O9S2. The third-order valence-corrected chi connectivity index (χ3v) is 21.0. The van der Waals surface area contributed by atoms with Crippen molar-refractivity contribution in [3.8, 4) is 103 Å². The van der Waals surface area contributed by atoms with Gasteiger partial charge in [-0.25, -0.2) is 41.8 Å². The zero-order valence-corrected chi connectivity index (χ0v) is 58.7. The van der Waals surface area contributed by atoms with E-state index in [2.05, 4.69) is 83.0 Å². The Morgan fingerprint density at radius 1 is 0.634 bits per heavy atom. The first-order chi connectivity index (χ1) is 48.5. The van der Waals surface area contributed by atoms with E-state index in [1.807, 2.05) is 120 Å². The average Bonchev–Trinajstić information content (AvgIpc) is 1.81. The second-order valence-corrected chi connectivity index (χ2v) is 29.3. The topological polar surface area (TPSA) is 371 Å². The Balaban J connectivity index is 0.000000195. The normalized spacial score (nSPS) is 13.7. The number of aromatic nitrogens is 13. The molecule has 0 radical (unpaired) electrons. The molecule has 0 aliphatic carbocycles. The van der Waals surface area contributed by atoms with Crippen molar-refractivity contribution in [3.63, 3.8) is 0 Å². The Bertz CT molecular complexity index is 5140. The van der Waals surface area contributed by atoms with Gasteiger partial charge in [0.25, 0.3) is 17.7 Å². The highest BCUT2D eigenvalue weighted by molar-refractivity contribution is 7.92. The lowest BCUT2D eigenvalue weighted by atomic mass is 9.97. The summed E-state index contributed by atoms with van der Waals surface area (Å²) < 4.78 is 72.5. The molecule has 0 spiro atoms. The Morgan fingerprint density at radius 3 is 1.69 bits per heavy atom. The summed E-state index contributed by atoms with van der Waals surface area (Å²) in [5.74, 6) is 2.13. The van der Waals surface area contributed by atoms with Gasteiger partial charge in [0, 0.05) is 64.0 Å². The number of anilines is 2. The number of nitrogens with one attached hydrogen (secondary N) is 3. The number of benzene rings is 5. The first-order valence-corrected chi connectivity index (χ1v) is 35.3. The van der Waals surface area contributed by atoms with Gasteiger partial charge >= 0.3 is 6.01 Å². The number of nitrogen functional groups attached to an aromatic ring is 1. The zero-order chi connectivity index (χ0) is 71.7. The molecule has 13 rings (SSSR count). The molecule has 524 valence electrons. The lowest BCUT2D eigenvalue weighted by Crippen LogP contribution is -2.39. The number of hydrogen-bond donors (Lipinski definition) is 4. The van der Waals surface area contributed by atoms with Crippen LogP contribution in [0.25, 0.3) is 108 Å². The van der Waals surface area contributed by atoms with Gasteiger partial charge in [0.15, 0.2) is 43.3 Å². The van der Waals surface area contributed by atoms with Crippen molar-refractivity contribution in [2.45, 2.75) is 94.2 Å². The molecule has 101 heavy (non-hydrogen) atoms. The quantitative estimate of drug-likeness (QED) is 0.0550. The summed E-state index contributed by atoms with van der Waals surface area (Å²) in [7, 11) is -0.908. The summed E-state index contributed by atoms with van der Waals surface area (Å²) in [6.07, 6.45) is 9.75. The van der Waals surface area contributed by atoms with Gasteiger partial charge in [-0.1, -0.05) is 91.8 Å². The summed E-state index contributed by atoms with van der Waals surface area (Å²) in [5.41, 5.74) is 17.9. The molecule has 1 amide bonds. The Morgan fingerprint density at radius 2 is 1.15 bits per heavy atom. The summed E-state index contributed by atoms with van der Waals surface area (Å²) in [6, 6.07) is 36.1. The minimum Gasteiger partial charge on any atom is -0.443 e. The number of carbonyl (C=O) groups excluding carboxylic acids is 1. The number of aryl methyl sites for hydroxylation is 2. The van der Waals surface area contributed by atoms with Crippen molar-refractivity contribution in [1.82, 2.24) is 81.0 Å². The van der Waals surface area contributed by atoms with Crippen molar-refractivity contribution < 1.29 is 43.6 Å². The molecule has 1 fully saturated rings. The van der Waals surface area contributed by atoms with E-state index in [0.29, 0.717) is 68.9 Å². The Labute approximate surface area is 588 Å². The molecule has 0 bridgehead atoms. The molecule has 0 saturated carbocycles. The van der Waals surface area contributed by atoms with Crippen LogP contribution in [0.3, 0.4) is 0 Å². The summed E-state index contributed by atoms with van der Waals surface area (Å²) in [5, 5.41) is 32.5. The van der Waals surface area contributed by atoms with E-state index in [9.17, 15) is 21.6 Å². The Hall–Kier alpha value is -11.4. The van der Waals surface area contributed by atoms with Crippen LogP contribution in [0.2, 0.25) is 0 Å². The monoisotopic (exact) mass is 1400 g/mol. The molecule has 27 nitrogen and oxygen atoms in total. The minimum absolute atomic E-state index is 0. The zero-order valence-electron chi connectivity index (χ0n) is 57.1. The maximum absolute atomic E-state index is 12.6. The molecule has 2 atom stereocenters. The van der Waals surface area contributed by atoms with Crippen LogP contribution >= 0.6 is 0 Å². The number of nitrogens with zero attached hydrogens (tertiary/aromatic N) is 14. The average molecular weight is 1410 g/mol. The van der Waals surface area contributed by atoms with E-state index in [1.54, 1.807) is 82.7 Å². The molecule has 1 aliphatic heterocycles. The fraction of sp³-hybridized carbons (Fsp3) is 0.250. The summed E-state index contributed by atoms with van der Waals surface area (Å²) in [4.78, 5) is 46.3. The highest BCUT2D eigenvalue weighted by atomic mass is 32.2. The third-order valence-electron chi connectivity index (χ3n) is 16.6. The third kappa shape index (κ3) is 16.0. The Kier molecular flexibility index (Phi) is 21.6. The van der Waals surface area contributed by atoms with Gasteiger partial charge in [-0.3, -0.25) is 20.1 Å². The molecule has 7 aromatic heterocycles. The van der Waals surface area contributed by atoms with Crippen molar-refractivity contribution in [1.29, 1.82) is 0 Å². The van der Waals surface area contributed by atoms with Crippen LogP contribution in [0.15, 0.2) is 187 Å². The molecule has 0 unspecified atom stereocenters.